The first-order valence-corrected chi connectivity index (χ1v) is 8.92. The minimum atomic E-state index is -3.27. The molecule has 20 heavy (non-hydrogen) atoms. The van der Waals surface area contributed by atoms with E-state index in [4.69, 9.17) is 18.0 Å². The number of hydrogen-bond donors (Lipinski definition) is 3. The van der Waals surface area contributed by atoms with E-state index in [2.05, 4.69) is 26.0 Å². The summed E-state index contributed by atoms with van der Waals surface area (Å²) in [6.45, 7) is 3.98. The molecule has 1 aromatic carbocycles. The number of anilines is 1. The topological polar surface area (TPSA) is 84.2 Å². The fourth-order valence-electron chi connectivity index (χ4n) is 1.73. The van der Waals surface area contributed by atoms with Crippen LogP contribution in [0, 0.1) is 0 Å². The van der Waals surface area contributed by atoms with Crippen molar-refractivity contribution in [2.24, 2.45) is 5.73 Å². The molecule has 0 aliphatic rings. The minimum absolute atomic E-state index is 0.280. The third-order valence-electron chi connectivity index (χ3n) is 2.43. The van der Waals surface area contributed by atoms with Crippen molar-refractivity contribution in [1.82, 2.24) is 4.72 Å². The van der Waals surface area contributed by atoms with Crippen LogP contribution in [0.1, 0.15) is 19.4 Å². The molecule has 0 amide bonds. The number of benzene rings is 1. The zero-order valence-electron chi connectivity index (χ0n) is 11.5. The maximum Gasteiger partial charge on any atom is 0.209 e. The van der Waals surface area contributed by atoms with Gasteiger partial charge in [0.2, 0.25) is 10.0 Å². The molecule has 1 aromatic rings. The van der Waals surface area contributed by atoms with Crippen LogP contribution in [0.5, 0.6) is 0 Å². The van der Waals surface area contributed by atoms with Crippen LogP contribution in [0.15, 0.2) is 22.7 Å². The van der Waals surface area contributed by atoms with E-state index in [-0.39, 0.29) is 4.99 Å². The van der Waals surface area contributed by atoms with E-state index in [0.717, 1.165) is 16.4 Å². The molecule has 4 N–H and O–H groups in total. The van der Waals surface area contributed by atoms with Crippen LogP contribution in [0.3, 0.4) is 0 Å². The molecule has 0 spiro atoms. The average molecular weight is 380 g/mol. The molecule has 1 rings (SSSR count). The Morgan fingerprint density at radius 3 is 2.55 bits per heavy atom. The predicted molar refractivity (Wildman–Crippen MR) is 90.6 cm³/mol. The molecule has 0 bridgehead atoms. The van der Waals surface area contributed by atoms with Gasteiger partial charge in [0.1, 0.15) is 4.99 Å². The van der Waals surface area contributed by atoms with E-state index in [1.807, 2.05) is 18.2 Å². The maximum atomic E-state index is 11.3. The highest BCUT2D eigenvalue weighted by Gasteiger charge is 2.22. The summed E-state index contributed by atoms with van der Waals surface area (Å²) in [6.07, 6.45) is 1.13. The van der Waals surface area contributed by atoms with Gasteiger partial charge in [-0.15, -0.1) is 0 Å². The smallest absolute Gasteiger partial charge is 0.209 e. The van der Waals surface area contributed by atoms with Crippen LogP contribution >= 0.6 is 28.1 Å². The first-order valence-electron chi connectivity index (χ1n) is 5.82. The predicted octanol–water partition coefficient (Wildman–Crippen LogP) is 1.82. The van der Waals surface area contributed by atoms with Crippen molar-refractivity contribution >= 4 is 48.8 Å². The average Bonchev–Trinajstić information content (AvgIpc) is 2.23. The summed E-state index contributed by atoms with van der Waals surface area (Å²) in [5, 5.41) is 3.17. The number of nitrogens with one attached hydrogen (secondary N) is 2. The highest BCUT2D eigenvalue weighted by molar-refractivity contribution is 9.10. The van der Waals surface area contributed by atoms with Crippen molar-refractivity contribution in [3.05, 3.63) is 28.2 Å². The lowest BCUT2D eigenvalue weighted by Gasteiger charge is -2.26. The number of nitrogens with two attached hydrogens (primary N) is 1. The van der Waals surface area contributed by atoms with Crippen molar-refractivity contribution in [3.63, 3.8) is 0 Å². The van der Waals surface area contributed by atoms with Gasteiger partial charge in [-0.1, -0.05) is 28.1 Å². The lowest BCUT2D eigenvalue weighted by Crippen LogP contribution is -2.47. The number of thiocarbonyl (C=S) groups is 1. The Hall–Kier alpha value is -0.700. The number of halogens is 1. The van der Waals surface area contributed by atoms with E-state index in [9.17, 15) is 8.42 Å². The third kappa shape index (κ3) is 5.74. The molecule has 0 atom stereocenters. The van der Waals surface area contributed by atoms with Gasteiger partial charge >= 0.3 is 0 Å². The van der Waals surface area contributed by atoms with Crippen molar-refractivity contribution < 1.29 is 8.42 Å². The first kappa shape index (κ1) is 17.4. The van der Waals surface area contributed by atoms with Crippen LogP contribution < -0.4 is 15.8 Å². The quantitative estimate of drug-likeness (QED) is 0.656. The molecule has 0 aromatic heterocycles. The Morgan fingerprint density at radius 2 is 2.05 bits per heavy atom. The molecule has 0 saturated carbocycles. The highest BCUT2D eigenvalue weighted by atomic mass is 79.9. The summed E-state index contributed by atoms with van der Waals surface area (Å²) < 4.78 is 26.0. The van der Waals surface area contributed by atoms with Gasteiger partial charge in [-0.25, -0.2) is 13.1 Å². The first-order chi connectivity index (χ1) is 9.00. The van der Waals surface area contributed by atoms with Crippen LogP contribution in [0.25, 0.3) is 0 Å². The molecular weight excluding hydrogens is 362 g/mol. The van der Waals surface area contributed by atoms with Gasteiger partial charge in [-0.2, -0.15) is 0 Å². The normalized spacial score (nSPS) is 12.2. The lowest BCUT2D eigenvalue weighted by molar-refractivity contribution is 0.476. The molecule has 0 unspecified atom stereocenters. The maximum absolute atomic E-state index is 11.3. The van der Waals surface area contributed by atoms with Crippen LogP contribution in [0.2, 0.25) is 0 Å². The highest BCUT2D eigenvalue weighted by Crippen LogP contribution is 2.21. The van der Waals surface area contributed by atoms with Crippen molar-refractivity contribution in [2.75, 3.05) is 18.1 Å². The molecule has 0 radical (unpaired) electrons. The van der Waals surface area contributed by atoms with Gasteiger partial charge in [0, 0.05) is 27.8 Å². The van der Waals surface area contributed by atoms with E-state index in [0.29, 0.717) is 12.1 Å². The third-order valence-corrected chi connectivity index (χ3v) is 4.07. The number of hydrogen-bond acceptors (Lipinski definition) is 4. The molecule has 5 nitrogen and oxygen atoms in total. The van der Waals surface area contributed by atoms with Gasteiger partial charge < -0.3 is 11.1 Å². The SMILES string of the molecule is CC(C)(CNc1ccc(Br)cc1C(N)=S)NS(C)(=O)=O. The minimum Gasteiger partial charge on any atom is -0.389 e. The summed E-state index contributed by atoms with van der Waals surface area (Å²) in [4.78, 5) is 0.280. The van der Waals surface area contributed by atoms with E-state index in [1.165, 1.54) is 0 Å². The summed E-state index contributed by atoms with van der Waals surface area (Å²) >= 11 is 8.37. The van der Waals surface area contributed by atoms with Crippen LogP contribution in [-0.2, 0) is 10.0 Å². The van der Waals surface area contributed by atoms with E-state index < -0.39 is 15.6 Å². The van der Waals surface area contributed by atoms with Crippen molar-refractivity contribution in [2.45, 2.75) is 19.4 Å². The Morgan fingerprint density at radius 1 is 1.45 bits per heavy atom. The largest absolute Gasteiger partial charge is 0.389 e. The van der Waals surface area contributed by atoms with E-state index in [1.54, 1.807) is 13.8 Å². The lowest BCUT2D eigenvalue weighted by atomic mass is 10.1. The Balaban J connectivity index is 2.87. The summed E-state index contributed by atoms with van der Waals surface area (Å²) in [5.74, 6) is 0. The molecule has 0 fully saturated rings. The zero-order chi connectivity index (χ0) is 15.6. The fourth-order valence-corrected chi connectivity index (χ4v) is 3.33. The number of rotatable bonds is 6. The monoisotopic (exact) mass is 379 g/mol. The van der Waals surface area contributed by atoms with E-state index >= 15 is 0 Å². The summed E-state index contributed by atoms with van der Waals surface area (Å²) in [7, 11) is -3.27. The Kier molecular flexibility index (Phi) is 5.54. The molecule has 0 saturated heterocycles. The van der Waals surface area contributed by atoms with Gasteiger partial charge in [-0.3, -0.25) is 0 Å². The second kappa shape index (κ2) is 6.38. The molecule has 0 aliphatic carbocycles. The van der Waals surface area contributed by atoms with Gasteiger partial charge in [0.05, 0.1) is 6.26 Å². The molecule has 0 heterocycles. The second-order valence-corrected chi connectivity index (χ2v) is 8.27. The molecule has 112 valence electrons. The standard InChI is InChI=1S/C12H18BrN3O2S2/c1-12(2,16-20(3,17)18)7-15-10-5-4-8(13)6-9(10)11(14)19/h4-6,15-16H,7H2,1-3H3,(H2,14,19). The Labute approximate surface area is 133 Å². The summed E-state index contributed by atoms with van der Waals surface area (Å²) in [5.41, 5.74) is 6.53. The fraction of sp³-hybridized carbons (Fsp3) is 0.417. The van der Waals surface area contributed by atoms with Crippen molar-refractivity contribution in [1.29, 1.82) is 0 Å². The summed E-state index contributed by atoms with van der Waals surface area (Å²) in [6, 6.07) is 5.53. The molecule has 8 heteroatoms. The van der Waals surface area contributed by atoms with Crippen LogP contribution in [-0.4, -0.2) is 31.7 Å². The van der Waals surface area contributed by atoms with Gasteiger partial charge in [0.15, 0.2) is 0 Å². The number of sulfonamides is 1. The Bertz CT molecular complexity index is 615. The van der Waals surface area contributed by atoms with Crippen LogP contribution in [0.4, 0.5) is 5.69 Å². The molecule has 0 aliphatic heterocycles. The molecular formula is C12H18BrN3O2S2. The zero-order valence-corrected chi connectivity index (χ0v) is 14.7. The van der Waals surface area contributed by atoms with Gasteiger partial charge in [0.25, 0.3) is 0 Å². The second-order valence-electron chi connectivity index (χ2n) is 5.17. The van der Waals surface area contributed by atoms with Gasteiger partial charge in [-0.05, 0) is 32.0 Å². The van der Waals surface area contributed by atoms with Crippen molar-refractivity contribution in [3.8, 4) is 0 Å².